The van der Waals surface area contributed by atoms with Crippen molar-refractivity contribution in [1.29, 1.82) is 0 Å². The van der Waals surface area contributed by atoms with Gasteiger partial charge >= 0.3 is 23.9 Å². The minimum atomic E-state index is -1.70. The maximum atomic E-state index is 12.9. The summed E-state index contributed by atoms with van der Waals surface area (Å²) in [6, 6.07) is 0.122. The molecule has 0 saturated carbocycles. The number of benzene rings is 1. The van der Waals surface area contributed by atoms with E-state index in [9.17, 15) is 38.7 Å². The summed E-state index contributed by atoms with van der Waals surface area (Å²) in [6.07, 6.45) is -0.766. The van der Waals surface area contributed by atoms with Crippen LogP contribution in [0.2, 0.25) is 0 Å². The second kappa shape index (κ2) is 12.8. The van der Waals surface area contributed by atoms with Gasteiger partial charge in [-0.2, -0.15) is 5.06 Å². The van der Waals surface area contributed by atoms with Crippen LogP contribution in [0, 0.1) is 5.82 Å². The molecule has 1 aromatic carbocycles. The fourth-order valence-corrected chi connectivity index (χ4v) is 2.60. The summed E-state index contributed by atoms with van der Waals surface area (Å²) in [6.45, 7) is 0.149. The van der Waals surface area contributed by atoms with Gasteiger partial charge in [0.2, 0.25) is 0 Å². The topological polar surface area (TPSA) is 194 Å². The monoisotopic (exact) mass is 457 g/mol. The molecule has 13 heteroatoms. The van der Waals surface area contributed by atoms with Crippen molar-refractivity contribution in [1.82, 2.24) is 15.7 Å². The van der Waals surface area contributed by atoms with E-state index in [1.54, 1.807) is 0 Å². The molecule has 0 aliphatic rings. The number of unbranched alkanes of at least 4 members (excludes halogenated alkanes) is 1. The Hall–Kier alpha value is -3.74. The number of urea groups is 1. The number of aliphatic carboxylic acids is 3. The molecule has 6 N–H and O–H groups in total. The van der Waals surface area contributed by atoms with Gasteiger partial charge in [0, 0.05) is 18.5 Å². The van der Waals surface area contributed by atoms with Crippen molar-refractivity contribution in [2.45, 2.75) is 44.2 Å². The molecule has 0 heterocycles. The van der Waals surface area contributed by atoms with Crippen LogP contribution in [0.3, 0.4) is 0 Å². The van der Waals surface area contributed by atoms with Gasteiger partial charge in [-0.25, -0.2) is 18.8 Å². The van der Waals surface area contributed by atoms with Gasteiger partial charge in [0.1, 0.15) is 11.9 Å². The fourth-order valence-electron chi connectivity index (χ4n) is 2.60. The number of rotatable bonds is 13. The standard InChI is InChI=1S/C19H24FN3O9/c20-12-6-4-11(5-7-12)16(26)21-10-2-1-3-14(18(29)30)23(32)19(31)22-13(17(27)28)8-9-15(24)25/h4-7,13-14,32H,1-3,8-10H2,(H,21,26)(H,22,31)(H,24,25)(H,27,28)(H,29,30)/t13-,14?/m0/s1. The Bertz CT molecular complexity index is 832. The third kappa shape index (κ3) is 8.95. The lowest BCUT2D eigenvalue weighted by Crippen LogP contribution is -2.52. The third-order valence-corrected chi connectivity index (χ3v) is 4.33. The Morgan fingerprint density at radius 3 is 2.09 bits per heavy atom. The highest BCUT2D eigenvalue weighted by molar-refractivity contribution is 5.94. The molecule has 0 aliphatic heterocycles. The third-order valence-electron chi connectivity index (χ3n) is 4.33. The van der Waals surface area contributed by atoms with Gasteiger partial charge in [-0.15, -0.1) is 0 Å². The summed E-state index contributed by atoms with van der Waals surface area (Å²) in [4.78, 5) is 57.0. The first-order chi connectivity index (χ1) is 15.0. The van der Waals surface area contributed by atoms with Crippen LogP contribution in [-0.4, -0.2) is 74.1 Å². The summed E-state index contributed by atoms with van der Waals surface area (Å²) < 4.78 is 12.9. The van der Waals surface area contributed by atoms with E-state index in [1.807, 2.05) is 5.32 Å². The van der Waals surface area contributed by atoms with Crippen molar-refractivity contribution in [2.75, 3.05) is 6.54 Å². The number of hydrogen-bond donors (Lipinski definition) is 6. The average molecular weight is 457 g/mol. The zero-order chi connectivity index (χ0) is 24.3. The molecule has 1 unspecified atom stereocenters. The molecular formula is C19H24FN3O9. The van der Waals surface area contributed by atoms with E-state index >= 15 is 0 Å². The number of hydrogen-bond acceptors (Lipinski definition) is 6. The molecule has 1 aromatic rings. The summed E-state index contributed by atoms with van der Waals surface area (Å²) >= 11 is 0. The van der Waals surface area contributed by atoms with Crippen LogP contribution in [0.4, 0.5) is 9.18 Å². The molecule has 0 saturated heterocycles. The number of carbonyl (C=O) groups is 5. The van der Waals surface area contributed by atoms with Crippen molar-refractivity contribution in [3.05, 3.63) is 35.6 Å². The van der Waals surface area contributed by atoms with E-state index in [0.717, 1.165) is 12.1 Å². The minimum absolute atomic E-state index is 0.149. The van der Waals surface area contributed by atoms with Crippen molar-refractivity contribution in [2.24, 2.45) is 0 Å². The number of hydroxylamine groups is 2. The largest absolute Gasteiger partial charge is 0.481 e. The molecule has 0 spiro atoms. The Labute approximate surface area is 181 Å². The highest BCUT2D eigenvalue weighted by Crippen LogP contribution is 2.10. The Kier molecular flexibility index (Phi) is 10.6. The number of nitrogens with one attached hydrogen (secondary N) is 2. The normalized spacial score (nSPS) is 12.3. The molecule has 0 aromatic heterocycles. The van der Waals surface area contributed by atoms with Gasteiger partial charge < -0.3 is 26.0 Å². The number of nitrogens with zero attached hydrogens (tertiary/aromatic N) is 1. The minimum Gasteiger partial charge on any atom is -0.481 e. The van der Waals surface area contributed by atoms with Crippen molar-refractivity contribution in [3.8, 4) is 0 Å². The maximum Gasteiger partial charge on any atom is 0.342 e. The van der Waals surface area contributed by atoms with E-state index in [0.29, 0.717) is 6.42 Å². The van der Waals surface area contributed by atoms with Gasteiger partial charge in [0.05, 0.1) is 0 Å². The number of carbonyl (C=O) groups excluding carboxylic acids is 2. The highest BCUT2D eigenvalue weighted by Gasteiger charge is 2.31. The molecular weight excluding hydrogens is 433 g/mol. The molecule has 0 aliphatic carbocycles. The second-order valence-electron chi connectivity index (χ2n) is 6.73. The van der Waals surface area contributed by atoms with E-state index in [-0.39, 0.29) is 30.0 Å². The van der Waals surface area contributed by atoms with Crippen LogP contribution in [-0.2, 0) is 14.4 Å². The predicted molar refractivity (Wildman–Crippen MR) is 104 cm³/mol. The molecule has 32 heavy (non-hydrogen) atoms. The molecule has 12 nitrogen and oxygen atoms in total. The molecule has 3 amide bonds. The molecule has 2 atom stereocenters. The van der Waals surface area contributed by atoms with Crippen molar-refractivity contribution in [3.63, 3.8) is 0 Å². The van der Waals surface area contributed by atoms with Crippen LogP contribution in [0.1, 0.15) is 42.5 Å². The smallest absolute Gasteiger partial charge is 0.342 e. The molecule has 0 fully saturated rings. The van der Waals surface area contributed by atoms with Gasteiger partial charge in [-0.3, -0.25) is 14.8 Å². The number of carboxylic acid groups (broad SMARTS) is 3. The zero-order valence-electron chi connectivity index (χ0n) is 16.9. The van der Waals surface area contributed by atoms with Gasteiger partial charge in [-0.1, -0.05) is 0 Å². The van der Waals surface area contributed by atoms with Crippen molar-refractivity contribution < 1.29 is 48.9 Å². The summed E-state index contributed by atoms with van der Waals surface area (Å²) in [7, 11) is 0. The quantitative estimate of drug-likeness (QED) is 0.142. The molecule has 1 rings (SSSR count). The Morgan fingerprint density at radius 1 is 0.938 bits per heavy atom. The number of carboxylic acids is 3. The Morgan fingerprint density at radius 2 is 1.56 bits per heavy atom. The maximum absolute atomic E-state index is 12.9. The average Bonchev–Trinajstić information content (AvgIpc) is 2.72. The lowest BCUT2D eigenvalue weighted by Gasteiger charge is -2.24. The summed E-state index contributed by atoms with van der Waals surface area (Å²) in [5, 5.41) is 41.1. The van der Waals surface area contributed by atoms with Crippen LogP contribution in [0.25, 0.3) is 0 Å². The number of halogens is 1. The summed E-state index contributed by atoms with van der Waals surface area (Å²) in [5.74, 6) is -5.33. The van der Waals surface area contributed by atoms with E-state index in [1.165, 1.54) is 12.1 Å². The first-order valence-corrected chi connectivity index (χ1v) is 9.52. The lowest BCUT2D eigenvalue weighted by atomic mass is 10.1. The van der Waals surface area contributed by atoms with Gasteiger partial charge in [0.15, 0.2) is 6.04 Å². The van der Waals surface area contributed by atoms with E-state index < -0.39 is 60.6 Å². The van der Waals surface area contributed by atoms with Crippen LogP contribution < -0.4 is 10.6 Å². The Balaban J connectivity index is 2.51. The van der Waals surface area contributed by atoms with Crippen LogP contribution >= 0.6 is 0 Å². The summed E-state index contributed by atoms with van der Waals surface area (Å²) in [5.41, 5.74) is 0.240. The highest BCUT2D eigenvalue weighted by atomic mass is 19.1. The second-order valence-corrected chi connectivity index (χ2v) is 6.73. The first-order valence-electron chi connectivity index (χ1n) is 9.52. The first kappa shape index (κ1) is 26.3. The van der Waals surface area contributed by atoms with Crippen LogP contribution in [0.5, 0.6) is 0 Å². The fraction of sp³-hybridized carbons (Fsp3) is 0.421. The van der Waals surface area contributed by atoms with Crippen molar-refractivity contribution >= 4 is 29.8 Å². The van der Waals surface area contributed by atoms with Gasteiger partial charge in [-0.05, 0) is 49.9 Å². The SMILES string of the molecule is O=C(O)CC[C@H](NC(=O)N(O)C(CCCCNC(=O)c1ccc(F)cc1)C(=O)O)C(=O)O. The van der Waals surface area contributed by atoms with E-state index in [4.69, 9.17) is 10.2 Å². The van der Waals surface area contributed by atoms with Crippen LogP contribution in [0.15, 0.2) is 24.3 Å². The predicted octanol–water partition coefficient (Wildman–Crippen LogP) is 0.898. The number of amides is 3. The molecule has 176 valence electrons. The van der Waals surface area contributed by atoms with Gasteiger partial charge in [0.25, 0.3) is 5.91 Å². The molecule has 0 bridgehead atoms. The lowest BCUT2D eigenvalue weighted by molar-refractivity contribution is -0.157. The molecule has 0 radical (unpaired) electrons. The van der Waals surface area contributed by atoms with E-state index in [2.05, 4.69) is 5.32 Å². The zero-order valence-corrected chi connectivity index (χ0v) is 16.9.